The molecule has 0 radical (unpaired) electrons. The van der Waals surface area contributed by atoms with Gasteiger partial charge in [0, 0.05) is 88.9 Å². The Morgan fingerprint density at radius 3 is 1.70 bits per heavy atom. The molecule has 0 aromatic carbocycles. The van der Waals surface area contributed by atoms with E-state index >= 15 is 0 Å². The van der Waals surface area contributed by atoms with Gasteiger partial charge in [-0.05, 0) is 45.4 Å². The third-order valence-electron chi connectivity index (χ3n) is 13.2. The fourth-order valence-electron chi connectivity index (χ4n) is 8.51. The molecule has 10 N–H and O–H groups in total. The third-order valence-corrected chi connectivity index (χ3v) is 13.2. The number of carbonyl (C=O) groups excluding carboxylic acids is 7. The van der Waals surface area contributed by atoms with Crippen molar-refractivity contribution in [3.63, 3.8) is 0 Å². The highest BCUT2D eigenvalue weighted by Gasteiger charge is 2.31. The molecule has 0 aliphatic rings. The van der Waals surface area contributed by atoms with E-state index in [1.165, 1.54) is 58.2 Å². The maximum Gasteiger partial charge on any atom is 0.306 e. The average molecular weight is 1100 g/mol. The van der Waals surface area contributed by atoms with E-state index in [9.17, 15) is 53.4 Å². The minimum absolute atomic E-state index is 0.0176. The molecular formula is C55H94N6O16. The molecule has 0 aliphatic carbocycles. The Kier molecular flexibility index (Phi) is 41.8. The van der Waals surface area contributed by atoms with Gasteiger partial charge in [0.15, 0.2) is 11.6 Å². The molecule has 1 aromatic heterocycles. The number of aromatic amines is 1. The fraction of sp³-hybridized carbons (Fsp3) is 0.782. The Labute approximate surface area is 455 Å². The van der Waals surface area contributed by atoms with Crippen LogP contribution in [0.4, 0.5) is 0 Å². The molecule has 0 bridgehead atoms. The van der Waals surface area contributed by atoms with Crippen LogP contribution in [-0.4, -0.2) is 156 Å². The summed E-state index contributed by atoms with van der Waals surface area (Å²) in [5, 5.41) is 33.7. The van der Waals surface area contributed by atoms with Gasteiger partial charge in [0.05, 0.1) is 63.3 Å². The van der Waals surface area contributed by atoms with Crippen molar-refractivity contribution in [2.75, 3.05) is 65.9 Å². The fourth-order valence-corrected chi connectivity index (χ4v) is 8.51. The Hall–Kier alpha value is -5.00. The molecule has 440 valence electrons. The number of primary amides is 1. The number of carboxylic acid groups (broad SMARTS) is 2. The SMILES string of the molecule is C[C@@H](O)[C@H](CC(=O)[C@H](CCCCNC(=O)COCCOCCCC(=O)COCCOCCNC(=O)CC[C@H](CC(=O)CCCCCCCCCCCCCCCCC(=O)O)C(=O)O)CC(=O)[C@@H](N)Cc1cnc[nH]1)C(N)=O. The summed E-state index contributed by atoms with van der Waals surface area (Å²) >= 11 is 0. The van der Waals surface area contributed by atoms with Gasteiger partial charge in [-0.25, -0.2) is 4.98 Å². The summed E-state index contributed by atoms with van der Waals surface area (Å²) in [5.74, 6) is -6.92. The van der Waals surface area contributed by atoms with Gasteiger partial charge in [0.2, 0.25) is 17.7 Å². The molecule has 0 spiro atoms. The summed E-state index contributed by atoms with van der Waals surface area (Å²) in [6.45, 7) is 2.89. The first-order valence-corrected chi connectivity index (χ1v) is 28.1. The number of unbranched alkanes of at least 4 members (excludes halogenated alkanes) is 14. The van der Waals surface area contributed by atoms with Crippen molar-refractivity contribution in [3.05, 3.63) is 18.2 Å². The first-order valence-electron chi connectivity index (χ1n) is 28.1. The number of ether oxygens (including phenoxy) is 4. The number of aliphatic hydroxyl groups excluding tert-OH is 1. The minimum Gasteiger partial charge on any atom is -0.481 e. The van der Waals surface area contributed by atoms with Crippen molar-refractivity contribution in [3.8, 4) is 0 Å². The first-order chi connectivity index (χ1) is 37.0. The Bertz CT molecular complexity index is 1820. The number of rotatable bonds is 55. The number of nitrogens with zero attached hydrogens (tertiary/aromatic N) is 1. The Balaban J connectivity index is 2.04. The van der Waals surface area contributed by atoms with Gasteiger partial charge in [-0.2, -0.15) is 0 Å². The molecule has 0 saturated carbocycles. The van der Waals surface area contributed by atoms with E-state index in [4.69, 9.17) is 35.5 Å². The van der Waals surface area contributed by atoms with Gasteiger partial charge in [-0.3, -0.25) is 43.2 Å². The molecule has 5 atom stereocenters. The van der Waals surface area contributed by atoms with Crippen LogP contribution in [0.15, 0.2) is 12.5 Å². The van der Waals surface area contributed by atoms with E-state index in [0.29, 0.717) is 50.9 Å². The number of aliphatic carboxylic acids is 2. The number of hydrogen-bond donors (Lipinski definition) is 8. The van der Waals surface area contributed by atoms with Crippen LogP contribution in [-0.2, 0) is 68.5 Å². The molecule has 0 fully saturated rings. The zero-order valence-corrected chi connectivity index (χ0v) is 46.0. The number of nitrogens with two attached hydrogens (primary N) is 2. The molecule has 0 saturated heterocycles. The van der Waals surface area contributed by atoms with Gasteiger partial charge >= 0.3 is 11.9 Å². The van der Waals surface area contributed by atoms with Gasteiger partial charge in [-0.15, -0.1) is 0 Å². The van der Waals surface area contributed by atoms with Crippen molar-refractivity contribution in [2.24, 2.45) is 29.2 Å². The van der Waals surface area contributed by atoms with Crippen molar-refractivity contribution >= 4 is 52.8 Å². The molecule has 77 heavy (non-hydrogen) atoms. The molecule has 22 heteroatoms. The lowest BCUT2D eigenvalue weighted by molar-refractivity contribution is -0.144. The van der Waals surface area contributed by atoms with Gasteiger partial charge in [0.1, 0.15) is 24.8 Å². The molecule has 3 amide bonds. The standard InChI is InChI=1S/C55H94N6O16/c1-41(62)47(54(57)71)36-49(65)42(34-50(66)48(56)35-44-37-58-40-61-44)19-16-17-25-59-52(68)39-77-32-29-74-27-18-21-46(64)38-76-31-30-75-28-26-60-51(67)24-23-43(55(72)73)33-45(63)20-14-12-10-8-6-4-2-3-5-7-9-11-13-15-22-53(69)70/h37,40-43,47-48,62H,2-36,38-39,56H2,1H3,(H2,57,71)(H,58,61)(H,59,68)(H,60,67)(H,69,70)(H,72,73)/t41-,42-,43-,47+,48+/m1/s1. The minimum atomic E-state index is -1.14. The number of aliphatic hydroxyl groups is 1. The van der Waals surface area contributed by atoms with Gasteiger partial charge in [0.25, 0.3) is 0 Å². The van der Waals surface area contributed by atoms with E-state index < -0.39 is 47.7 Å². The number of carboxylic acids is 2. The van der Waals surface area contributed by atoms with E-state index in [2.05, 4.69) is 20.6 Å². The van der Waals surface area contributed by atoms with Gasteiger partial charge < -0.3 is 61.4 Å². The lowest BCUT2D eigenvalue weighted by Crippen LogP contribution is -2.38. The van der Waals surface area contributed by atoms with Crippen LogP contribution in [0, 0.1) is 17.8 Å². The van der Waals surface area contributed by atoms with Crippen molar-refractivity contribution in [2.45, 2.75) is 192 Å². The summed E-state index contributed by atoms with van der Waals surface area (Å²) in [6, 6.07) is -0.868. The number of H-pyrrole nitrogens is 1. The lowest BCUT2D eigenvalue weighted by atomic mass is 9.84. The smallest absolute Gasteiger partial charge is 0.306 e. The van der Waals surface area contributed by atoms with Gasteiger partial charge in [-0.1, -0.05) is 83.5 Å². The number of aromatic nitrogens is 2. The van der Waals surface area contributed by atoms with Crippen LogP contribution in [0.3, 0.4) is 0 Å². The average Bonchev–Trinajstić information content (AvgIpc) is 3.90. The number of carbonyl (C=O) groups is 9. The number of nitrogens with one attached hydrogen (secondary N) is 3. The van der Waals surface area contributed by atoms with Crippen LogP contribution in [0.25, 0.3) is 0 Å². The molecule has 1 heterocycles. The second-order valence-corrected chi connectivity index (χ2v) is 20.0. The second kappa shape index (κ2) is 46.0. The highest BCUT2D eigenvalue weighted by molar-refractivity contribution is 5.92. The largest absolute Gasteiger partial charge is 0.481 e. The third kappa shape index (κ3) is 39.9. The molecular weight excluding hydrogens is 1000 g/mol. The molecule has 0 unspecified atom stereocenters. The van der Waals surface area contributed by atoms with Crippen LogP contribution in [0.1, 0.15) is 180 Å². The van der Waals surface area contributed by atoms with Crippen LogP contribution >= 0.6 is 0 Å². The number of imidazole rings is 1. The Morgan fingerprint density at radius 2 is 1.13 bits per heavy atom. The van der Waals surface area contributed by atoms with Crippen LogP contribution < -0.4 is 22.1 Å². The van der Waals surface area contributed by atoms with E-state index in [0.717, 1.165) is 44.9 Å². The Morgan fingerprint density at radius 1 is 0.571 bits per heavy atom. The van der Waals surface area contributed by atoms with Crippen molar-refractivity contribution < 1.29 is 77.4 Å². The summed E-state index contributed by atoms with van der Waals surface area (Å²) in [7, 11) is 0. The van der Waals surface area contributed by atoms with E-state index in [1.54, 1.807) is 6.20 Å². The number of amides is 3. The number of Topliss-reactive ketones (excluding diaryl/α,β-unsaturated/α-hetero) is 4. The van der Waals surface area contributed by atoms with E-state index in [-0.39, 0.29) is 139 Å². The highest BCUT2D eigenvalue weighted by atomic mass is 16.5. The number of ketones is 4. The highest BCUT2D eigenvalue weighted by Crippen LogP contribution is 2.22. The zero-order chi connectivity index (χ0) is 56.9. The summed E-state index contributed by atoms with van der Waals surface area (Å²) in [5.41, 5.74) is 12.2. The monoisotopic (exact) mass is 1090 g/mol. The van der Waals surface area contributed by atoms with Crippen molar-refractivity contribution in [1.82, 2.24) is 20.6 Å². The first kappa shape index (κ1) is 70.0. The van der Waals surface area contributed by atoms with Crippen LogP contribution in [0.2, 0.25) is 0 Å². The predicted octanol–water partition coefficient (Wildman–Crippen LogP) is 4.88. The zero-order valence-electron chi connectivity index (χ0n) is 46.0. The quantitative estimate of drug-likeness (QED) is 0.0403. The topological polar surface area (TPSA) is 356 Å². The molecule has 22 nitrogen and oxygen atoms in total. The molecule has 1 aromatic rings. The second-order valence-electron chi connectivity index (χ2n) is 20.0. The maximum absolute atomic E-state index is 13.2. The van der Waals surface area contributed by atoms with Crippen LogP contribution in [0.5, 0.6) is 0 Å². The lowest BCUT2D eigenvalue weighted by Gasteiger charge is -2.21. The summed E-state index contributed by atoms with van der Waals surface area (Å²) in [4.78, 5) is 116. The molecule has 0 aliphatic heterocycles. The van der Waals surface area contributed by atoms with Crippen molar-refractivity contribution in [1.29, 1.82) is 0 Å². The summed E-state index contributed by atoms with van der Waals surface area (Å²) < 4.78 is 21.7. The normalized spacial score (nSPS) is 13.3. The number of hydrogen-bond acceptors (Lipinski definition) is 16. The predicted molar refractivity (Wildman–Crippen MR) is 286 cm³/mol. The molecule has 1 rings (SSSR count). The van der Waals surface area contributed by atoms with E-state index in [1.807, 2.05) is 0 Å². The summed E-state index contributed by atoms with van der Waals surface area (Å²) in [6.07, 6.45) is 19.4. The maximum atomic E-state index is 13.2.